The van der Waals surface area contributed by atoms with Crippen LogP contribution < -0.4 is 5.56 Å². The van der Waals surface area contributed by atoms with Crippen molar-refractivity contribution in [2.45, 2.75) is 33.4 Å². The maximum Gasteiger partial charge on any atom is 0.255 e. The maximum atomic E-state index is 12.2. The summed E-state index contributed by atoms with van der Waals surface area (Å²) in [5.41, 5.74) is 3.79. The third kappa shape index (κ3) is 2.43. The van der Waals surface area contributed by atoms with Crippen molar-refractivity contribution >= 4 is 5.78 Å². The topological polar surface area (TPSA) is 79.2 Å². The first-order valence-corrected chi connectivity index (χ1v) is 7.71. The fourth-order valence-corrected chi connectivity index (χ4v) is 3.19. The average Bonchev–Trinajstić information content (AvgIpc) is 2.84. The van der Waals surface area contributed by atoms with Gasteiger partial charge in [0.1, 0.15) is 5.82 Å². The van der Waals surface area contributed by atoms with Gasteiger partial charge in [-0.3, -0.25) is 14.1 Å². The van der Waals surface area contributed by atoms with Crippen molar-refractivity contribution in [3.05, 3.63) is 57.3 Å². The molecule has 23 heavy (non-hydrogen) atoms. The lowest BCUT2D eigenvalue weighted by molar-refractivity contribution is 0.237. The monoisotopic (exact) mass is 310 g/mol. The van der Waals surface area contributed by atoms with Crippen LogP contribution in [0, 0.1) is 13.8 Å². The molecule has 0 amide bonds. The normalized spacial score (nSPS) is 15.0. The predicted molar refractivity (Wildman–Crippen MR) is 85.1 cm³/mol. The summed E-state index contributed by atoms with van der Waals surface area (Å²) in [7, 11) is 0. The number of aromatic amines is 1. The SMILES string of the molecule is Cc1nc2c(c(=O)[nH]1)CN(Cc1c(C)nc3ncccn13)CC2. The molecule has 7 heteroatoms. The molecule has 0 saturated heterocycles. The van der Waals surface area contributed by atoms with Crippen LogP contribution in [0.2, 0.25) is 0 Å². The number of nitrogens with zero attached hydrogens (tertiary/aromatic N) is 5. The number of aromatic nitrogens is 5. The summed E-state index contributed by atoms with van der Waals surface area (Å²) in [6.45, 7) is 6.06. The first kappa shape index (κ1) is 14.1. The highest BCUT2D eigenvalue weighted by atomic mass is 16.1. The van der Waals surface area contributed by atoms with E-state index in [4.69, 9.17) is 0 Å². The van der Waals surface area contributed by atoms with Gasteiger partial charge in [0.25, 0.3) is 5.56 Å². The van der Waals surface area contributed by atoms with Crippen molar-refractivity contribution in [1.82, 2.24) is 29.2 Å². The van der Waals surface area contributed by atoms with E-state index in [0.29, 0.717) is 18.1 Å². The largest absolute Gasteiger partial charge is 0.310 e. The molecule has 3 aromatic heterocycles. The molecule has 0 aromatic carbocycles. The van der Waals surface area contributed by atoms with Gasteiger partial charge in [-0.25, -0.2) is 15.0 Å². The van der Waals surface area contributed by atoms with Gasteiger partial charge < -0.3 is 4.98 Å². The summed E-state index contributed by atoms with van der Waals surface area (Å²) in [5.74, 6) is 1.40. The van der Waals surface area contributed by atoms with E-state index in [0.717, 1.165) is 42.2 Å². The summed E-state index contributed by atoms with van der Waals surface area (Å²) in [4.78, 5) is 30.5. The van der Waals surface area contributed by atoms with E-state index >= 15 is 0 Å². The average molecular weight is 310 g/mol. The van der Waals surface area contributed by atoms with E-state index in [9.17, 15) is 4.79 Å². The number of hydrogen-bond acceptors (Lipinski definition) is 5. The van der Waals surface area contributed by atoms with E-state index in [1.807, 2.05) is 30.5 Å². The van der Waals surface area contributed by atoms with Gasteiger partial charge >= 0.3 is 0 Å². The molecule has 7 nitrogen and oxygen atoms in total. The van der Waals surface area contributed by atoms with E-state index in [-0.39, 0.29) is 5.56 Å². The van der Waals surface area contributed by atoms with Gasteiger partial charge in [0.05, 0.1) is 22.6 Å². The molecule has 1 N–H and O–H groups in total. The van der Waals surface area contributed by atoms with Gasteiger partial charge in [-0.1, -0.05) is 0 Å². The van der Waals surface area contributed by atoms with Gasteiger partial charge in [0.2, 0.25) is 5.78 Å². The molecule has 0 bridgehead atoms. The number of H-pyrrole nitrogens is 1. The van der Waals surface area contributed by atoms with Crippen LogP contribution in [0.15, 0.2) is 23.3 Å². The fraction of sp³-hybridized carbons (Fsp3) is 0.375. The molecule has 0 radical (unpaired) electrons. The zero-order valence-corrected chi connectivity index (χ0v) is 13.2. The Balaban J connectivity index is 1.65. The standard InChI is InChI=1S/C16H18N6O/c1-10-14(22-6-3-5-17-16(22)18-10)9-21-7-4-13-12(8-21)15(23)20-11(2)19-13/h3,5-6H,4,7-9H2,1-2H3,(H,19,20,23). The summed E-state index contributed by atoms with van der Waals surface area (Å²) in [6, 6.07) is 1.90. The van der Waals surface area contributed by atoms with E-state index < -0.39 is 0 Å². The minimum absolute atomic E-state index is 0.0197. The smallest absolute Gasteiger partial charge is 0.255 e. The lowest BCUT2D eigenvalue weighted by Gasteiger charge is -2.27. The quantitative estimate of drug-likeness (QED) is 0.763. The first-order chi connectivity index (χ1) is 11.1. The Morgan fingerprint density at radius 1 is 1.30 bits per heavy atom. The summed E-state index contributed by atoms with van der Waals surface area (Å²) in [6.07, 6.45) is 4.53. The second kappa shape index (κ2) is 5.27. The summed E-state index contributed by atoms with van der Waals surface area (Å²) >= 11 is 0. The minimum atomic E-state index is -0.0197. The van der Waals surface area contributed by atoms with Crippen molar-refractivity contribution in [2.24, 2.45) is 0 Å². The molecule has 0 spiro atoms. The van der Waals surface area contributed by atoms with Crippen LogP contribution in [0.5, 0.6) is 0 Å². The number of nitrogens with one attached hydrogen (secondary N) is 1. The molecule has 4 rings (SSSR count). The van der Waals surface area contributed by atoms with Crippen molar-refractivity contribution in [1.29, 1.82) is 0 Å². The third-order valence-corrected chi connectivity index (χ3v) is 4.34. The van der Waals surface area contributed by atoms with Gasteiger partial charge in [-0.2, -0.15) is 0 Å². The number of aryl methyl sites for hydroxylation is 2. The third-order valence-electron chi connectivity index (χ3n) is 4.34. The Kier molecular flexibility index (Phi) is 3.23. The lowest BCUT2D eigenvalue weighted by Crippen LogP contribution is -2.36. The Bertz CT molecular complexity index is 941. The molecule has 3 aromatic rings. The van der Waals surface area contributed by atoms with Gasteiger partial charge in [-0.05, 0) is 19.9 Å². The highest BCUT2D eigenvalue weighted by Crippen LogP contribution is 2.18. The molecule has 118 valence electrons. The molecule has 0 aliphatic carbocycles. The second-order valence-corrected chi connectivity index (χ2v) is 5.97. The molecule has 0 fully saturated rings. The maximum absolute atomic E-state index is 12.2. The van der Waals surface area contributed by atoms with Gasteiger partial charge in [0.15, 0.2) is 0 Å². The molecule has 0 unspecified atom stereocenters. The van der Waals surface area contributed by atoms with E-state index in [1.165, 1.54) is 0 Å². The number of hydrogen-bond donors (Lipinski definition) is 1. The molecule has 0 saturated carbocycles. The molecule has 4 heterocycles. The highest BCUT2D eigenvalue weighted by Gasteiger charge is 2.22. The number of rotatable bonds is 2. The summed E-state index contributed by atoms with van der Waals surface area (Å²) < 4.78 is 2.02. The zero-order chi connectivity index (χ0) is 16.0. The van der Waals surface area contributed by atoms with Gasteiger partial charge in [-0.15, -0.1) is 0 Å². The van der Waals surface area contributed by atoms with E-state index in [2.05, 4.69) is 24.8 Å². The molecule has 0 atom stereocenters. The van der Waals surface area contributed by atoms with Crippen molar-refractivity contribution in [3.8, 4) is 0 Å². The summed E-state index contributed by atoms with van der Waals surface area (Å²) in [5, 5.41) is 0. The Morgan fingerprint density at radius 2 is 2.17 bits per heavy atom. The first-order valence-electron chi connectivity index (χ1n) is 7.71. The van der Waals surface area contributed by atoms with Crippen molar-refractivity contribution in [2.75, 3.05) is 6.54 Å². The van der Waals surface area contributed by atoms with Crippen LogP contribution in [0.1, 0.15) is 28.5 Å². The fourth-order valence-electron chi connectivity index (χ4n) is 3.19. The van der Waals surface area contributed by atoms with Crippen LogP contribution >= 0.6 is 0 Å². The number of fused-ring (bicyclic) bond motifs is 2. The Labute approximate surface area is 133 Å². The van der Waals surface area contributed by atoms with Crippen molar-refractivity contribution < 1.29 is 0 Å². The van der Waals surface area contributed by atoms with Crippen LogP contribution in [-0.4, -0.2) is 35.8 Å². The van der Waals surface area contributed by atoms with Gasteiger partial charge in [0, 0.05) is 38.4 Å². The number of imidazole rings is 1. The van der Waals surface area contributed by atoms with Crippen LogP contribution in [-0.2, 0) is 19.5 Å². The van der Waals surface area contributed by atoms with E-state index in [1.54, 1.807) is 6.20 Å². The molecular weight excluding hydrogens is 292 g/mol. The minimum Gasteiger partial charge on any atom is -0.310 e. The zero-order valence-electron chi connectivity index (χ0n) is 13.2. The predicted octanol–water partition coefficient (Wildman–Crippen LogP) is 0.988. The van der Waals surface area contributed by atoms with Crippen molar-refractivity contribution in [3.63, 3.8) is 0 Å². The second-order valence-electron chi connectivity index (χ2n) is 5.97. The lowest BCUT2D eigenvalue weighted by atomic mass is 10.1. The molecule has 1 aliphatic rings. The van der Waals surface area contributed by atoms with Crippen LogP contribution in [0.3, 0.4) is 0 Å². The Hall–Kier alpha value is -2.54. The molecular formula is C16H18N6O. The molecule has 1 aliphatic heterocycles. The highest BCUT2D eigenvalue weighted by molar-refractivity contribution is 5.35. The van der Waals surface area contributed by atoms with Crippen LogP contribution in [0.25, 0.3) is 5.78 Å². The Morgan fingerprint density at radius 3 is 3.04 bits per heavy atom. The van der Waals surface area contributed by atoms with Crippen LogP contribution in [0.4, 0.5) is 0 Å².